The van der Waals surface area contributed by atoms with E-state index >= 15 is 4.39 Å². The van der Waals surface area contributed by atoms with Crippen LogP contribution in [0.3, 0.4) is 0 Å². The smallest absolute Gasteiger partial charge is 0.341 e. The molecule has 0 spiro atoms. The van der Waals surface area contributed by atoms with Gasteiger partial charge in [0.2, 0.25) is 5.43 Å². The van der Waals surface area contributed by atoms with Gasteiger partial charge in [0, 0.05) is 50.9 Å². The Hall–Kier alpha value is -3.72. The summed E-state index contributed by atoms with van der Waals surface area (Å²) in [5.74, 6) is -0.736. The Morgan fingerprint density at radius 3 is 2.44 bits per heavy atom. The number of aromatic nitrogens is 3. The number of aryl methyl sites for hydroxylation is 2. The van der Waals surface area contributed by atoms with Crippen molar-refractivity contribution in [2.45, 2.75) is 72.0 Å². The summed E-state index contributed by atoms with van der Waals surface area (Å²) in [4.78, 5) is 33.6. The summed E-state index contributed by atoms with van der Waals surface area (Å²) >= 11 is 0. The van der Waals surface area contributed by atoms with Gasteiger partial charge in [-0.3, -0.25) is 9.69 Å². The lowest BCUT2D eigenvalue weighted by atomic mass is 10.1. The molecule has 0 atom stereocenters. The molecule has 0 aliphatic carbocycles. The molecule has 41 heavy (non-hydrogen) atoms. The first-order valence-corrected chi connectivity index (χ1v) is 14.9. The normalized spacial score (nSPS) is 14.4. The summed E-state index contributed by atoms with van der Waals surface area (Å²) in [6.45, 7) is 9.09. The molecule has 1 aliphatic rings. The number of rotatable bonds is 12. The highest BCUT2D eigenvalue weighted by atomic mass is 19.1. The summed E-state index contributed by atoms with van der Waals surface area (Å²) in [7, 11) is 0. The Labute approximate surface area is 240 Å². The van der Waals surface area contributed by atoms with E-state index in [1.165, 1.54) is 49.9 Å². The molecule has 3 heterocycles. The van der Waals surface area contributed by atoms with Crippen molar-refractivity contribution in [1.29, 1.82) is 0 Å². The molecule has 2 aromatic carbocycles. The van der Waals surface area contributed by atoms with Crippen LogP contribution in [-0.4, -0.2) is 56.3 Å². The third kappa shape index (κ3) is 6.15. The highest BCUT2D eigenvalue weighted by Gasteiger charge is 2.24. The van der Waals surface area contributed by atoms with Gasteiger partial charge in [0.25, 0.3) is 0 Å². The van der Waals surface area contributed by atoms with Gasteiger partial charge in [-0.2, -0.15) is 0 Å². The molecule has 8 nitrogen and oxygen atoms in total. The number of aromatic carboxylic acids is 1. The molecule has 0 amide bonds. The van der Waals surface area contributed by atoms with E-state index in [4.69, 9.17) is 4.98 Å². The Bertz CT molecular complexity index is 1590. The fourth-order valence-electron chi connectivity index (χ4n) is 5.95. The third-order valence-corrected chi connectivity index (χ3v) is 8.27. The lowest BCUT2D eigenvalue weighted by Gasteiger charge is -2.36. The van der Waals surface area contributed by atoms with E-state index in [0.717, 1.165) is 43.9 Å². The van der Waals surface area contributed by atoms with Crippen molar-refractivity contribution in [3.63, 3.8) is 0 Å². The summed E-state index contributed by atoms with van der Waals surface area (Å²) < 4.78 is 19.4. The zero-order chi connectivity index (χ0) is 28.9. The first-order valence-electron chi connectivity index (χ1n) is 14.9. The molecular weight excluding hydrogens is 521 g/mol. The maximum atomic E-state index is 15.3. The zero-order valence-electron chi connectivity index (χ0n) is 24.1. The monoisotopic (exact) mass is 561 g/mol. The zero-order valence-corrected chi connectivity index (χ0v) is 24.1. The molecule has 0 unspecified atom stereocenters. The van der Waals surface area contributed by atoms with Crippen LogP contribution in [-0.2, 0) is 19.6 Å². The first kappa shape index (κ1) is 28.8. The third-order valence-electron chi connectivity index (χ3n) is 8.27. The van der Waals surface area contributed by atoms with Gasteiger partial charge < -0.3 is 19.1 Å². The van der Waals surface area contributed by atoms with Crippen LogP contribution in [0.15, 0.2) is 47.4 Å². The Kier molecular flexibility index (Phi) is 9.03. The molecule has 1 aliphatic heterocycles. The van der Waals surface area contributed by atoms with E-state index in [-0.39, 0.29) is 10.9 Å². The minimum Gasteiger partial charge on any atom is -0.477 e. The van der Waals surface area contributed by atoms with Crippen molar-refractivity contribution in [2.75, 3.05) is 31.1 Å². The number of carboxylic acid groups (broad SMARTS) is 1. The largest absolute Gasteiger partial charge is 0.477 e. The van der Waals surface area contributed by atoms with Gasteiger partial charge in [-0.05, 0) is 37.6 Å². The second-order valence-corrected chi connectivity index (χ2v) is 11.0. The molecule has 1 N–H and O–H groups in total. The topological polar surface area (TPSA) is 83.6 Å². The molecule has 4 aromatic rings. The van der Waals surface area contributed by atoms with E-state index in [0.29, 0.717) is 30.8 Å². The van der Waals surface area contributed by atoms with Crippen LogP contribution in [0.1, 0.15) is 68.6 Å². The van der Waals surface area contributed by atoms with Crippen LogP contribution in [0.25, 0.3) is 21.9 Å². The Morgan fingerprint density at radius 2 is 1.71 bits per heavy atom. The van der Waals surface area contributed by atoms with Crippen molar-refractivity contribution < 1.29 is 14.3 Å². The number of unbranched alkanes of at least 4 members (excludes halogenated alkanes) is 5. The number of benzene rings is 2. The number of halogens is 1. The highest BCUT2D eigenvalue weighted by molar-refractivity contribution is 5.93. The molecule has 218 valence electrons. The van der Waals surface area contributed by atoms with E-state index in [2.05, 4.69) is 34.6 Å². The van der Waals surface area contributed by atoms with Crippen molar-refractivity contribution in [1.82, 2.24) is 19.0 Å². The van der Waals surface area contributed by atoms with Crippen LogP contribution in [0.5, 0.6) is 0 Å². The number of anilines is 1. The molecule has 0 saturated carbocycles. The van der Waals surface area contributed by atoms with Crippen LogP contribution in [0.2, 0.25) is 0 Å². The molecule has 1 saturated heterocycles. The summed E-state index contributed by atoms with van der Waals surface area (Å²) in [5, 5.41) is 9.51. The van der Waals surface area contributed by atoms with Crippen LogP contribution in [0.4, 0.5) is 10.1 Å². The number of piperazine rings is 1. The number of para-hydroxylation sites is 2. The van der Waals surface area contributed by atoms with Crippen molar-refractivity contribution in [3.05, 3.63) is 70.0 Å². The average Bonchev–Trinajstić information content (AvgIpc) is 3.32. The van der Waals surface area contributed by atoms with Crippen molar-refractivity contribution >= 4 is 33.6 Å². The standard InChI is InChI=1S/C32H40FN5O3/c1-3-5-6-7-8-11-14-38-27-13-10-9-12-26(27)34-30(38)22-35-15-17-37(18-16-35)29-20-28-23(19-25(29)33)31(39)24(32(40)41)21-36(28)4-2/h9-10,12-13,19-21H,3-8,11,14-18,22H2,1-2H3,(H,40,41). The van der Waals surface area contributed by atoms with Gasteiger partial charge in [0.1, 0.15) is 17.2 Å². The predicted molar refractivity (Wildman–Crippen MR) is 161 cm³/mol. The van der Waals surface area contributed by atoms with Gasteiger partial charge in [-0.25, -0.2) is 14.2 Å². The predicted octanol–water partition coefficient (Wildman–Crippen LogP) is 5.89. The number of fused-ring (bicyclic) bond motifs is 2. The molecule has 9 heteroatoms. The number of hydrogen-bond acceptors (Lipinski definition) is 5. The number of carbonyl (C=O) groups is 1. The minimum absolute atomic E-state index is 0.0934. The lowest BCUT2D eigenvalue weighted by Crippen LogP contribution is -2.46. The van der Waals surface area contributed by atoms with Gasteiger partial charge in [0.05, 0.1) is 28.8 Å². The second-order valence-electron chi connectivity index (χ2n) is 11.0. The average molecular weight is 562 g/mol. The lowest BCUT2D eigenvalue weighted by molar-refractivity contribution is 0.0695. The molecule has 2 aromatic heterocycles. The summed E-state index contributed by atoms with van der Waals surface area (Å²) in [6, 6.07) is 11.2. The van der Waals surface area contributed by atoms with Gasteiger partial charge in [-0.1, -0.05) is 51.2 Å². The number of carboxylic acids is 1. The maximum absolute atomic E-state index is 15.3. The van der Waals surface area contributed by atoms with Crippen molar-refractivity contribution in [2.24, 2.45) is 0 Å². The first-order chi connectivity index (χ1) is 19.9. The second kappa shape index (κ2) is 12.9. The van der Waals surface area contributed by atoms with Crippen LogP contribution in [0, 0.1) is 5.82 Å². The van der Waals surface area contributed by atoms with E-state index in [1.54, 1.807) is 10.6 Å². The fourth-order valence-corrected chi connectivity index (χ4v) is 5.95. The molecule has 0 bridgehead atoms. The number of nitrogens with zero attached hydrogens (tertiary/aromatic N) is 5. The number of hydrogen-bond donors (Lipinski definition) is 1. The SMILES string of the molecule is CCCCCCCCn1c(CN2CCN(c3cc4c(cc3F)c(=O)c(C(=O)O)cn4CC)CC2)nc2ccccc21. The highest BCUT2D eigenvalue weighted by Crippen LogP contribution is 2.27. The number of imidazole rings is 1. The fraction of sp³-hybridized carbons (Fsp3) is 0.469. The van der Waals surface area contributed by atoms with Crippen LogP contribution >= 0.6 is 0 Å². The van der Waals surface area contributed by atoms with E-state index < -0.39 is 17.2 Å². The molecule has 0 radical (unpaired) electrons. The van der Waals surface area contributed by atoms with E-state index in [1.807, 2.05) is 17.9 Å². The van der Waals surface area contributed by atoms with Crippen LogP contribution < -0.4 is 10.3 Å². The maximum Gasteiger partial charge on any atom is 0.341 e. The quantitative estimate of drug-likeness (QED) is 0.217. The molecule has 1 fully saturated rings. The molecule has 5 rings (SSSR count). The van der Waals surface area contributed by atoms with E-state index in [9.17, 15) is 14.7 Å². The Balaban J connectivity index is 1.30. The van der Waals surface area contributed by atoms with Crippen molar-refractivity contribution in [3.8, 4) is 0 Å². The number of pyridine rings is 1. The Morgan fingerprint density at radius 1 is 0.976 bits per heavy atom. The van der Waals surface area contributed by atoms with Gasteiger partial charge in [-0.15, -0.1) is 0 Å². The molecular formula is C32H40FN5O3. The van der Waals surface area contributed by atoms with Gasteiger partial charge >= 0.3 is 5.97 Å². The summed E-state index contributed by atoms with van der Waals surface area (Å²) in [6.07, 6.45) is 8.86. The van der Waals surface area contributed by atoms with Gasteiger partial charge in [0.15, 0.2) is 0 Å². The summed E-state index contributed by atoms with van der Waals surface area (Å²) in [5.41, 5.74) is 2.19. The minimum atomic E-state index is -1.31.